The number of carbonyl (C=O) groups excluding carboxylic acids is 1. The number of piperidine rings is 1. The second-order valence-electron chi connectivity index (χ2n) is 6.64. The summed E-state index contributed by atoms with van der Waals surface area (Å²) in [5.74, 6) is -0.142. The zero-order valence-electron chi connectivity index (χ0n) is 13.7. The number of rotatable bonds is 3. The van der Waals surface area contributed by atoms with E-state index in [-0.39, 0.29) is 18.0 Å². The molecule has 1 aromatic carbocycles. The Labute approximate surface area is 146 Å². The van der Waals surface area contributed by atoms with Crippen LogP contribution in [0, 0.1) is 0 Å². The number of hydrogen-bond donors (Lipinski definition) is 0. The molecule has 6 nitrogen and oxygen atoms in total. The van der Waals surface area contributed by atoms with E-state index in [1.807, 2.05) is 11.0 Å². The molecule has 1 aromatic heterocycles. The van der Waals surface area contributed by atoms with E-state index in [0.717, 1.165) is 12.8 Å². The lowest BCUT2D eigenvalue weighted by atomic mass is 10.0. The zero-order chi connectivity index (χ0) is 17.4. The van der Waals surface area contributed by atoms with Crippen molar-refractivity contribution < 1.29 is 13.2 Å². The first kappa shape index (κ1) is 16.2. The molecule has 1 amide bonds. The van der Waals surface area contributed by atoms with Crippen molar-refractivity contribution in [1.29, 1.82) is 0 Å². The molecule has 2 aliphatic rings. The van der Waals surface area contributed by atoms with Gasteiger partial charge in [-0.3, -0.25) is 9.78 Å². The lowest BCUT2D eigenvalue weighted by Gasteiger charge is -2.38. The summed E-state index contributed by atoms with van der Waals surface area (Å²) >= 11 is 0. The SMILES string of the molecule is O=C(c1cnccn1)N1C2CCC1CC(S(=O)(=O)c1ccccc1)C2. The summed E-state index contributed by atoms with van der Waals surface area (Å²) in [4.78, 5) is 23.0. The van der Waals surface area contributed by atoms with Crippen LogP contribution in [0.4, 0.5) is 0 Å². The number of benzene rings is 1. The molecule has 3 heterocycles. The third kappa shape index (κ3) is 2.82. The largest absolute Gasteiger partial charge is 0.331 e. The Morgan fingerprint density at radius 1 is 1.04 bits per heavy atom. The van der Waals surface area contributed by atoms with Gasteiger partial charge >= 0.3 is 0 Å². The zero-order valence-corrected chi connectivity index (χ0v) is 14.5. The summed E-state index contributed by atoms with van der Waals surface area (Å²) in [5.41, 5.74) is 0.323. The highest BCUT2D eigenvalue weighted by atomic mass is 32.2. The third-order valence-electron chi connectivity index (χ3n) is 5.22. The fourth-order valence-corrected chi connectivity index (χ4v) is 5.93. The lowest BCUT2D eigenvalue weighted by Crippen LogP contribution is -2.49. The van der Waals surface area contributed by atoms with Crippen LogP contribution in [0.1, 0.15) is 36.2 Å². The molecule has 2 fully saturated rings. The molecule has 2 unspecified atom stereocenters. The summed E-state index contributed by atoms with van der Waals surface area (Å²) < 4.78 is 25.9. The number of sulfone groups is 1. The Bertz CT molecular complexity index is 857. The Hall–Kier alpha value is -2.28. The highest BCUT2D eigenvalue weighted by Crippen LogP contribution is 2.40. The van der Waals surface area contributed by atoms with Crippen molar-refractivity contribution in [3.8, 4) is 0 Å². The monoisotopic (exact) mass is 357 g/mol. The Morgan fingerprint density at radius 3 is 2.32 bits per heavy atom. The van der Waals surface area contributed by atoms with Crippen molar-refractivity contribution in [1.82, 2.24) is 14.9 Å². The van der Waals surface area contributed by atoms with Gasteiger partial charge in [-0.25, -0.2) is 13.4 Å². The van der Waals surface area contributed by atoms with Gasteiger partial charge in [-0.2, -0.15) is 0 Å². The van der Waals surface area contributed by atoms with Crippen molar-refractivity contribution in [2.75, 3.05) is 0 Å². The predicted octanol–water partition coefficient (Wildman–Crippen LogP) is 2.09. The summed E-state index contributed by atoms with van der Waals surface area (Å²) in [6, 6.07) is 8.50. The maximum absolute atomic E-state index is 12.9. The summed E-state index contributed by atoms with van der Waals surface area (Å²) in [7, 11) is -3.37. The average Bonchev–Trinajstić information content (AvgIpc) is 2.91. The van der Waals surface area contributed by atoms with Crippen molar-refractivity contribution in [2.24, 2.45) is 0 Å². The van der Waals surface area contributed by atoms with E-state index < -0.39 is 15.1 Å². The van der Waals surface area contributed by atoms with E-state index in [9.17, 15) is 13.2 Å². The molecular weight excluding hydrogens is 338 g/mol. The van der Waals surface area contributed by atoms with Crippen LogP contribution in [0.2, 0.25) is 0 Å². The number of nitrogens with zero attached hydrogens (tertiary/aromatic N) is 3. The van der Waals surface area contributed by atoms with Gasteiger partial charge in [0.05, 0.1) is 16.3 Å². The van der Waals surface area contributed by atoms with Gasteiger partial charge in [0.1, 0.15) is 5.69 Å². The lowest BCUT2D eigenvalue weighted by molar-refractivity contribution is 0.0591. The topological polar surface area (TPSA) is 80.2 Å². The second kappa shape index (κ2) is 6.22. The Balaban J connectivity index is 1.57. The van der Waals surface area contributed by atoms with Crippen molar-refractivity contribution in [3.05, 3.63) is 54.6 Å². The van der Waals surface area contributed by atoms with E-state index in [4.69, 9.17) is 0 Å². The highest BCUT2D eigenvalue weighted by molar-refractivity contribution is 7.92. The minimum absolute atomic E-state index is 0.0447. The van der Waals surface area contributed by atoms with Crippen LogP contribution in [-0.4, -0.2) is 46.5 Å². The maximum Gasteiger partial charge on any atom is 0.274 e. The van der Waals surface area contributed by atoms with E-state index >= 15 is 0 Å². The van der Waals surface area contributed by atoms with E-state index in [1.54, 1.807) is 24.3 Å². The molecule has 2 aromatic rings. The fraction of sp³-hybridized carbons (Fsp3) is 0.389. The molecule has 2 bridgehead atoms. The molecule has 7 heteroatoms. The number of hydrogen-bond acceptors (Lipinski definition) is 5. The molecule has 0 aliphatic carbocycles. The first-order chi connectivity index (χ1) is 12.1. The molecule has 2 aliphatic heterocycles. The normalized spacial score (nSPS) is 25.8. The van der Waals surface area contributed by atoms with Gasteiger partial charge in [0.15, 0.2) is 9.84 Å². The molecule has 0 N–H and O–H groups in total. The summed E-state index contributed by atoms with van der Waals surface area (Å²) in [6.07, 6.45) is 7.16. The van der Waals surface area contributed by atoms with Gasteiger partial charge in [-0.1, -0.05) is 18.2 Å². The van der Waals surface area contributed by atoms with Gasteiger partial charge in [-0.15, -0.1) is 0 Å². The minimum atomic E-state index is -3.37. The number of fused-ring (bicyclic) bond motifs is 2. The average molecular weight is 357 g/mol. The smallest absolute Gasteiger partial charge is 0.274 e. The van der Waals surface area contributed by atoms with Gasteiger partial charge in [-0.05, 0) is 37.8 Å². The van der Waals surface area contributed by atoms with Crippen molar-refractivity contribution in [3.63, 3.8) is 0 Å². The third-order valence-corrected chi connectivity index (χ3v) is 7.41. The Morgan fingerprint density at radius 2 is 1.72 bits per heavy atom. The molecular formula is C18H19N3O3S. The molecule has 25 heavy (non-hydrogen) atoms. The van der Waals surface area contributed by atoms with Crippen LogP contribution in [0.5, 0.6) is 0 Å². The predicted molar refractivity (Wildman–Crippen MR) is 91.7 cm³/mol. The second-order valence-corrected chi connectivity index (χ2v) is 8.87. The highest BCUT2D eigenvalue weighted by Gasteiger charge is 2.47. The fourth-order valence-electron chi connectivity index (χ4n) is 4.06. The van der Waals surface area contributed by atoms with E-state index in [2.05, 4.69) is 9.97 Å². The minimum Gasteiger partial charge on any atom is -0.331 e. The van der Waals surface area contributed by atoms with Crippen LogP contribution in [0.25, 0.3) is 0 Å². The van der Waals surface area contributed by atoms with Crippen LogP contribution in [0.15, 0.2) is 53.8 Å². The molecule has 0 radical (unpaired) electrons. The number of aromatic nitrogens is 2. The van der Waals surface area contributed by atoms with Crippen molar-refractivity contribution >= 4 is 15.7 Å². The summed E-state index contributed by atoms with van der Waals surface area (Å²) in [5, 5.41) is -0.432. The molecule has 0 spiro atoms. The molecule has 2 atom stereocenters. The maximum atomic E-state index is 12.9. The number of carbonyl (C=O) groups is 1. The van der Waals surface area contributed by atoms with Gasteiger partial charge in [0.25, 0.3) is 5.91 Å². The van der Waals surface area contributed by atoms with Crippen LogP contribution >= 0.6 is 0 Å². The first-order valence-electron chi connectivity index (χ1n) is 8.45. The van der Waals surface area contributed by atoms with E-state index in [0.29, 0.717) is 23.4 Å². The van der Waals surface area contributed by atoms with Crippen LogP contribution in [0.3, 0.4) is 0 Å². The quantitative estimate of drug-likeness (QED) is 0.840. The van der Waals surface area contributed by atoms with Crippen LogP contribution in [-0.2, 0) is 9.84 Å². The molecule has 0 saturated carbocycles. The molecule has 4 rings (SSSR count). The van der Waals surface area contributed by atoms with Gasteiger partial charge in [0.2, 0.25) is 0 Å². The van der Waals surface area contributed by atoms with Gasteiger partial charge < -0.3 is 4.90 Å². The Kier molecular flexibility index (Phi) is 4.03. The molecule has 2 saturated heterocycles. The first-order valence-corrected chi connectivity index (χ1v) is 9.99. The summed E-state index contributed by atoms with van der Waals surface area (Å²) in [6.45, 7) is 0. The van der Waals surface area contributed by atoms with Gasteiger partial charge in [0, 0.05) is 24.5 Å². The standard InChI is InChI=1S/C18H19N3O3S/c22-18(17-12-19-8-9-20-17)21-13-6-7-14(21)11-16(10-13)25(23,24)15-4-2-1-3-5-15/h1-5,8-9,12-14,16H,6-7,10-11H2. The van der Waals surface area contributed by atoms with E-state index in [1.165, 1.54) is 18.6 Å². The van der Waals surface area contributed by atoms with Crippen molar-refractivity contribution in [2.45, 2.75) is 47.9 Å². The molecule has 130 valence electrons. The number of amides is 1. The van der Waals surface area contributed by atoms with Crippen LogP contribution < -0.4 is 0 Å².